The molecule has 94 valence electrons. The fourth-order valence-corrected chi connectivity index (χ4v) is 2.94. The first kappa shape index (κ1) is 11.6. The summed E-state index contributed by atoms with van der Waals surface area (Å²) in [5, 5.41) is 0. The number of rotatable bonds is 0. The van der Waals surface area contributed by atoms with E-state index in [9.17, 15) is 9.59 Å². The van der Waals surface area contributed by atoms with Crippen LogP contribution in [0.15, 0.2) is 24.3 Å². The van der Waals surface area contributed by atoms with Crippen molar-refractivity contribution in [2.75, 3.05) is 0 Å². The number of ketones is 2. The van der Waals surface area contributed by atoms with E-state index in [4.69, 9.17) is 4.74 Å². The van der Waals surface area contributed by atoms with Crippen LogP contribution in [-0.4, -0.2) is 17.2 Å². The van der Waals surface area contributed by atoms with Crippen LogP contribution in [0.5, 0.6) is 0 Å². The van der Waals surface area contributed by atoms with E-state index in [0.717, 1.165) is 18.4 Å². The number of Topliss-reactive ketones (excluding diaryl/α,β-unsaturated/α-hetero) is 2. The average Bonchev–Trinajstić information content (AvgIpc) is 2.35. The van der Waals surface area contributed by atoms with E-state index in [2.05, 4.69) is 0 Å². The minimum atomic E-state index is -0.352. The molecule has 3 heteroatoms. The molecule has 0 bridgehead atoms. The smallest absolute Gasteiger partial charge is 0.229 e. The van der Waals surface area contributed by atoms with Crippen LogP contribution in [0.1, 0.15) is 48.7 Å². The molecule has 0 unspecified atom stereocenters. The second-order valence-electron chi connectivity index (χ2n) is 5.72. The average molecular weight is 244 g/mol. The zero-order valence-electron chi connectivity index (χ0n) is 10.6. The van der Waals surface area contributed by atoms with Crippen LogP contribution in [0, 0.1) is 5.92 Å². The molecule has 2 atom stereocenters. The normalized spacial score (nSPS) is 29.7. The number of ether oxygens (including phenoxy) is 1. The Morgan fingerprint density at radius 2 is 1.94 bits per heavy atom. The number of hydrogen-bond acceptors (Lipinski definition) is 3. The zero-order valence-corrected chi connectivity index (χ0v) is 10.6. The van der Waals surface area contributed by atoms with Gasteiger partial charge >= 0.3 is 0 Å². The first-order valence-corrected chi connectivity index (χ1v) is 6.35. The van der Waals surface area contributed by atoms with Crippen LogP contribution in [0.3, 0.4) is 0 Å². The first-order chi connectivity index (χ1) is 8.49. The Morgan fingerprint density at radius 3 is 2.72 bits per heavy atom. The fourth-order valence-electron chi connectivity index (χ4n) is 2.94. The van der Waals surface area contributed by atoms with E-state index in [0.29, 0.717) is 5.56 Å². The van der Waals surface area contributed by atoms with E-state index in [1.165, 1.54) is 0 Å². The van der Waals surface area contributed by atoms with Crippen molar-refractivity contribution in [3.63, 3.8) is 0 Å². The maximum atomic E-state index is 12.1. The molecule has 1 fully saturated rings. The van der Waals surface area contributed by atoms with Crippen LogP contribution < -0.4 is 0 Å². The van der Waals surface area contributed by atoms with Gasteiger partial charge in [0.25, 0.3) is 0 Å². The van der Waals surface area contributed by atoms with Crippen LogP contribution in [0.2, 0.25) is 0 Å². The lowest BCUT2D eigenvalue weighted by atomic mass is 9.74. The van der Waals surface area contributed by atoms with Crippen molar-refractivity contribution in [2.45, 2.75) is 38.4 Å². The highest BCUT2D eigenvalue weighted by molar-refractivity contribution is 6.45. The number of carbonyl (C=O) groups is 2. The number of hydrogen-bond donors (Lipinski definition) is 0. The molecule has 0 spiro atoms. The predicted octanol–water partition coefficient (Wildman–Crippen LogP) is 2.70. The van der Waals surface area contributed by atoms with E-state index >= 15 is 0 Å². The number of benzene rings is 1. The van der Waals surface area contributed by atoms with Gasteiger partial charge in [-0.15, -0.1) is 0 Å². The summed E-state index contributed by atoms with van der Waals surface area (Å²) in [5.74, 6) is -0.926. The van der Waals surface area contributed by atoms with Crippen LogP contribution >= 0.6 is 0 Å². The third-order valence-electron chi connectivity index (χ3n) is 3.94. The standard InChI is InChI=1S/C15H16O3/c1-15(2)8-7-11-13(17)12(16)9-5-3-4-6-10(9)14(11)18-15/h3-6,11,14H,7-8H2,1-2H3/t11-,14-/m0/s1. The topological polar surface area (TPSA) is 43.4 Å². The maximum absolute atomic E-state index is 12.1. The molecule has 0 radical (unpaired) electrons. The van der Waals surface area contributed by atoms with Crippen molar-refractivity contribution in [1.29, 1.82) is 0 Å². The van der Waals surface area contributed by atoms with Gasteiger partial charge in [0.15, 0.2) is 0 Å². The van der Waals surface area contributed by atoms with E-state index in [1.54, 1.807) is 12.1 Å². The van der Waals surface area contributed by atoms with Crippen LogP contribution in [0.4, 0.5) is 0 Å². The van der Waals surface area contributed by atoms with Crippen LogP contribution in [0.25, 0.3) is 0 Å². The van der Waals surface area contributed by atoms with Crippen molar-refractivity contribution in [3.8, 4) is 0 Å². The lowest BCUT2D eigenvalue weighted by Crippen LogP contribution is -2.44. The van der Waals surface area contributed by atoms with Gasteiger partial charge in [-0.1, -0.05) is 24.3 Å². The lowest BCUT2D eigenvalue weighted by molar-refractivity contribution is -0.154. The third kappa shape index (κ3) is 1.62. The first-order valence-electron chi connectivity index (χ1n) is 6.35. The zero-order chi connectivity index (χ0) is 12.9. The molecule has 1 aromatic carbocycles. The lowest BCUT2D eigenvalue weighted by Gasteiger charge is -2.42. The number of carbonyl (C=O) groups excluding carboxylic acids is 2. The van der Waals surface area contributed by atoms with Crippen molar-refractivity contribution >= 4 is 11.6 Å². The van der Waals surface area contributed by atoms with Crippen molar-refractivity contribution < 1.29 is 14.3 Å². The van der Waals surface area contributed by atoms with Gasteiger partial charge in [0.2, 0.25) is 11.6 Å². The highest BCUT2D eigenvalue weighted by Crippen LogP contribution is 2.45. The third-order valence-corrected chi connectivity index (χ3v) is 3.94. The van der Waals surface area contributed by atoms with Gasteiger partial charge in [0, 0.05) is 5.56 Å². The van der Waals surface area contributed by atoms with Gasteiger partial charge in [-0.25, -0.2) is 0 Å². The highest BCUT2D eigenvalue weighted by Gasteiger charge is 2.46. The summed E-state index contributed by atoms with van der Waals surface area (Å²) in [5.41, 5.74) is 1.16. The molecule has 0 N–H and O–H groups in total. The Morgan fingerprint density at radius 1 is 1.22 bits per heavy atom. The van der Waals surface area contributed by atoms with Crippen LogP contribution in [-0.2, 0) is 9.53 Å². The van der Waals surface area contributed by atoms with E-state index in [-0.39, 0.29) is 29.2 Å². The molecule has 1 heterocycles. The van der Waals surface area contributed by atoms with Gasteiger partial charge in [-0.05, 0) is 32.3 Å². The van der Waals surface area contributed by atoms with Gasteiger partial charge < -0.3 is 4.74 Å². The molecule has 3 nitrogen and oxygen atoms in total. The Bertz CT molecular complexity index is 530. The summed E-state index contributed by atoms with van der Waals surface area (Å²) in [6, 6.07) is 7.30. The molecule has 0 amide bonds. The SMILES string of the molecule is CC1(C)CC[C@H]2C(=O)C(=O)c3ccccc3[C@@H]2O1. The summed E-state index contributed by atoms with van der Waals surface area (Å²) in [7, 11) is 0. The van der Waals surface area contributed by atoms with Crippen molar-refractivity contribution in [1.82, 2.24) is 0 Å². The van der Waals surface area contributed by atoms with Gasteiger partial charge in [0.1, 0.15) is 0 Å². The molecular formula is C15H16O3. The molecule has 1 saturated heterocycles. The molecule has 1 aliphatic heterocycles. The molecule has 2 aliphatic rings. The highest BCUT2D eigenvalue weighted by atomic mass is 16.5. The Labute approximate surface area is 106 Å². The second kappa shape index (κ2) is 3.75. The minimum absolute atomic E-state index is 0.227. The summed E-state index contributed by atoms with van der Waals surface area (Å²) < 4.78 is 6.05. The van der Waals surface area contributed by atoms with Crippen molar-refractivity contribution in [3.05, 3.63) is 35.4 Å². The maximum Gasteiger partial charge on any atom is 0.229 e. The summed E-state index contributed by atoms with van der Waals surface area (Å²) in [6.07, 6.45) is 1.29. The summed E-state index contributed by atoms with van der Waals surface area (Å²) >= 11 is 0. The van der Waals surface area contributed by atoms with Gasteiger partial charge in [-0.2, -0.15) is 0 Å². The Hall–Kier alpha value is -1.48. The van der Waals surface area contributed by atoms with E-state index < -0.39 is 0 Å². The second-order valence-corrected chi connectivity index (χ2v) is 5.72. The predicted molar refractivity (Wildman–Crippen MR) is 66.4 cm³/mol. The minimum Gasteiger partial charge on any atom is -0.367 e. The molecular weight excluding hydrogens is 228 g/mol. The monoisotopic (exact) mass is 244 g/mol. The largest absolute Gasteiger partial charge is 0.367 e. The summed E-state index contributed by atoms with van der Waals surface area (Å²) in [4.78, 5) is 24.1. The summed E-state index contributed by atoms with van der Waals surface area (Å²) in [6.45, 7) is 4.07. The molecule has 1 aliphatic carbocycles. The molecule has 3 rings (SSSR count). The molecule has 1 aromatic rings. The number of fused-ring (bicyclic) bond motifs is 3. The van der Waals surface area contributed by atoms with Gasteiger partial charge in [-0.3, -0.25) is 9.59 Å². The molecule has 18 heavy (non-hydrogen) atoms. The van der Waals surface area contributed by atoms with E-state index in [1.807, 2.05) is 26.0 Å². The van der Waals surface area contributed by atoms with Gasteiger partial charge in [0.05, 0.1) is 17.6 Å². The Kier molecular flexibility index (Phi) is 2.42. The molecule has 0 saturated carbocycles. The molecule has 0 aromatic heterocycles. The quantitative estimate of drug-likeness (QED) is 0.659. The Balaban J connectivity index is 2.11. The fraction of sp³-hybridized carbons (Fsp3) is 0.467. The van der Waals surface area contributed by atoms with Crippen molar-refractivity contribution in [2.24, 2.45) is 5.92 Å².